The Morgan fingerprint density at radius 2 is 1.88 bits per heavy atom. The van der Waals surface area contributed by atoms with E-state index in [0.717, 1.165) is 11.3 Å². The van der Waals surface area contributed by atoms with Crippen molar-refractivity contribution in [1.82, 2.24) is 5.32 Å². The van der Waals surface area contributed by atoms with Gasteiger partial charge in [-0.25, -0.2) is 0 Å². The summed E-state index contributed by atoms with van der Waals surface area (Å²) in [6, 6.07) is 16.0. The molecule has 2 aromatic rings. The van der Waals surface area contributed by atoms with Crippen LogP contribution in [0.3, 0.4) is 0 Å². The van der Waals surface area contributed by atoms with Gasteiger partial charge in [0.05, 0.1) is 13.7 Å². The van der Waals surface area contributed by atoms with Crippen LogP contribution in [0.1, 0.15) is 37.5 Å². The van der Waals surface area contributed by atoms with Crippen LogP contribution < -0.4 is 10.1 Å². The first-order valence-corrected chi connectivity index (χ1v) is 8.91. The van der Waals surface area contributed by atoms with Gasteiger partial charge in [-0.1, -0.05) is 55.8 Å². The molecular formula is C22H29NO3. The highest BCUT2D eigenvalue weighted by Crippen LogP contribution is 2.23. The van der Waals surface area contributed by atoms with Crippen molar-refractivity contribution in [3.63, 3.8) is 0 Å². The maximum absolute atomic E-state index is 12.4. The lowest BCUT2D eigenvalue weighted by Crippen LogP contribution is -2.41. The highest BCUT2D eigenvalue weighted by Gasteiger charge is 2.23. The smallest absolute Gasteiger partial charge is 0.248 e. The van der Waals surface area contributed by atoms with Gasteiger partial charge < -0.3 is 14.8 Å². The molecule has 2 aromatic carbocycles. The van der Waals surface area contributed by atoms with Crippen molar-refractivity contribution in [1.29, 1.82) is 0 Å². The number of amides is 1. The van der Waals surface area contributed by atoms with Crippen LogP contribution in [0.2, 0.25) is 0 Å². The third kappa shape index (κ3) is 5.60. The highest BCUT2D eigenvalue weighted by atomic mass is 16.5. The van der Waals surface area contributed by atoms with Crippen molar-refractivity contribution in [2.75, 3.05) is 13.7 Å². The van der Waals surface area contributed by atoms with E-state index in [9.17, 15) is 4.79 Å². The molecular weight excluding hydrogens is 326 g/mol. The standard InChI is InChI=1S/C22H29NO3/c1-16-8-6-10-19(12-16)22(3,4)15-23-21(24)17(2)26-14-18-9-7-11-20(13-18)25-5/h6-13,17H,14-15H2,1-5H3,(H,23,24). The average Bonchev–Trinajstić information content (AvgIpc) is 2.64. The van der Waals surface area contributed by atoms with Gasteiger partial charge in [0, 0.05) is 12.0 Å². The fourth-order valence-electron chi connectivity index (χ4n) is 2.68. The zero-order valence-electron chi connectivity index (χ0n) is 16.3. The van der Waals surface area contributed by atoms with Crippen molar-refractivity contribution < 1.29 is 14.3 Å². The minimum Gasteiger partial charge on any atom is -0.497 e. The summed E-state index contributed by atoms with van der Waals surface area (Å²) in [7, 11) is 1.63. The lowest BCUT2D eigenvalue weighted by Gasteiger charge is -2.27. The molecule has 4 heteroatoms. The van der Waals surface area contributed by atoms with Gasteiger partial charge in [0.2, 0.25) is 5.91 Å². The van der Waals surface area contributed by atoms with Gasteiger partial charge in [0.15, 0.2) is 0 Å². The lowest BCUT2D eigenvalue weighted by molar-refractivity contribution is -0.132. The Kier molecular flexibility index (Phi) is 6.81. The summed E-state index contributed by atoms with van der Waals surface area (Å²) in [5.74, 6) is 0.678. The molecule has 0 aliphatic heterocycles. The zero-order valence-corrected chi connectivity index (χ0v) is 16.3. The molecule has 0 aliphatic rings. The van der Waals surface area contributed by atoms with Crippen LogP contribution in [0.4, 0.5) is 0 Å². The molecule has 140 valence electrons. The van der Waals surface area contributed by atoms with Crippen LogP contribution in [0.5, 0.6) is 5.75 Å². The van der Waals surface area contributed by atoms with Crippen molar-refractivity contribution in [3.8, 4) is 5.75 Å². The summed E-state index contributed by atoms with van der Waals surface area (Å²) in [5, 5.41) is 3.01. The Balaban J connectivity index is 1.86. The lowest BCUT2D eigenvalue weighted by atomic mass is 9.84. The number of aryl methyl sites for hydroxylation is 1. The van der Waals surface area contributed by atoms with Crippen LogP contribution in [0, 0.1) is 6.92 Å². The number of nitrogens with one attached hydrogen (secondary N) is 1. The first-order valence-electron chi connectivity index (χ1n) is 8.91. The number of rotatable bonds is 8. The third-order valence-electron chi connectivity index (χ3n) is 4.51. The van der Waals surface area contributed by atoms with E-state index in [-0.39, 0.29) is 11.3 Å². The van der Waals surface area contributed by atoms with E-state index >= 15 is 0 Å². The molecule has 26 heavy (non-hydrogen) atoms. The molecule has 1 unspecified atom stereocenters. The third-order valence-corrected chi connectivity index (χ3v) is 4.51. The molecule has 0 spiro atoms. The van der Waals surface area contributed by atoms with Crippen molar-refractivity contribution in [3.05, 3.63) is 65.2 Å². The Morgan fingerprint density at radius 3 is 2.58 bits per heavy atom. The van der Waals surface area contributed by atoms with E-state index in [4.69, 9.17) is 9.47 Å². The molecule has 1 amide bonds. The molecule has 0 heterocycles. The van der Waals surface area contributed by atoms with Gasteiger partial charge in [-0.2, -0.15) is 0 Å². The predicted octanol–water partition coefficient (Wildman–Crippen LogP) is 4.00. The highest BCUT2D eigenvalue weighted by molar-refractivity contribution is 5.80. The summed E-state index contributed by atoms with van der Waals surface area (Å²) < 4.78 is 10.9. The van der Waals surface area contributed by atoms with Gasteiger partial charge in [0.1, 0.15) is 11.9 Å². The van der Waals surface area contributed by atoms with Gasteiger partial charge in [0.25, 0.3) is 0 Å². The minimum absolute atomic E-state index is 0.103. The quantitative estimate of drug-likeness (QED) is 0.778. The van der Waals surface area contributed by atoms with Gasteiger partial charge in [-0.05, 0) is 37.1 Å². The maximum atomic E-state index is 12.4. The Bertz CT molecular complexity index is 740. The largest absolute Gasteiger partial charge is 0.497 e. The number of methoxy groups -OCH3 is 1. The van der Waals surface area contributed by atoms with E-state index < -0.39 is 6.10 Å². The summed E-state index contributed by atoms with van der Waals surface area (Å²) in [4.78, 5) is 12.4. The first kappa shape index (κ1) is 20.0. The number of hydrogen-bond donors (Lipinski definition) is 1. The number of carbonyl (C=O) groups is 1. The second-order valence-electron chi connectivity index (χ2n) is 7.28. The average molecular weight is 355 g/mol. The van der Waals surface area contributed by atoms with Gasteiger partial charge in [-0.15, -0.1) is 0 Å². The number of ether oxygens (including phenoxy) is 2. The van der Waals surface area contributed by atoms with Crippen molar-refractivity contribution >= 4 is 5.91 Å². The number of benzene rings is 2. The van der Waals surface area contributed by atoms with Crippen LogP contribution in [0.25, 0.3) is 0 Å². The zero-order chi connectivity index (χ0) is 19.2. The van der Waals surface area contributed by atoms with E-state index in [1.165, 1.54) is 11.1 Å². The fraction of sp³-hybridized carbons (Fsp3) is 0.409. The molecule has 0 aromatic heterocycles. The number of carbonyl (C=O) groups excluding carboxylic acids is 1. The topological polar surface area (TPSA) is 47.6 Å². The molecule has 0 saturated heterocycles. The van der Waals surface area contributed by atoms with E-state index in [0.29, 0.717) is 13.2 Å². The Morgan fingerprint density at radius 1 is 1.15 bits per heavy atom. The molecule has 0 saturated carbocycles. The molecule has 1 N–H and O–H groups in total. The van der Waals surface area contributed by atoms with E-state index in [2.05, 4.69) is 44.3 Å². The first-order chi connectivity index (χ1) is 12.3. The molecule has 0 aliphatic carbocycles. The van der Waals surface area contributed by atoms with Gasteiger partial charge >= 0.3 is 0 Å². The molecule has 1 atom stereocenters. The normalized spacial score (nSPS) is 12.5. The monoisotopic (exact) mass is 355 g/mol. The van der Waals surface area contributed by atoms with Crippen molar-refractivity contribution in [2.24, 2.45) is 0 Å². The molecule has 4 nitrogen and oxygen atoms in total. The second kappa shape index (κ2) is 8.86. The van der Waals surface area contributed by atoms with Gasteiger partial charge in [-0.3, -0.25) is 4.79 Å². The molecule has 0 fully saturated rings. The Hall–Kier alpha value is -2.33. The van der Waals surface area contributed by atoms with Crippen molar-refractivity contribution in [2.45, 2.75) is 45.8 Å². The number of hydrogen-bond acceptors (Lipinski definition) is 3. The molecule has 0 radical (unpaired) electrons. The fourth-order valence-corrected chi connectivity index (χ4v) is 2.68. The van der Waals surface area contributed by atoms with Crippen LogP contribution in [-0.2, 0) is 21.6 Å². The predicted molar refractivity (Wildman–Crippen MR) is 104 cm³/mol. The summed E-state index contributed by atoms with van der Waals surface area (Å²) in [6.45, 7) is 9.03. The summed E-state index contributed by atoms with van der Waals surface area (Å²) in [5.41, 5.74) is 3.26. The van der Waals surface area contributed by atoms with E-state index in [1.807, 2.05) is 30.3 Å². The van der Waals surface area contributed by atoms with E-state index in [1.54, 1.807) is 14.0 Å². The van der Waals surface area contributed by atoms with Crippen LogP contribution in [-0.4, -0.2) is 25.7 Å². The second-order valence-corrected chi connectivity index (χ2v) is 7.28. The summed E-state index contributed by atoms with van der Waals surface area (Å²) in [6.07, 6.45) is -0.519. The SMILES string of the molecule is COc1cccc(COC(C)C(=O)NCC(C)(C)c2cccc(C)c2)c1. The summed E-state index contributed by atoms with van der Waals surface area (Å²) >= 11 is 0. The van der Waals surface area contributed by atoms with Crippen LogP contribution in [0.15, 0.2) is 48.5 Å². The van der Waals surface area contributed by atoms with Crippen LogP contribution >= 0.6 is 0 Å². The molecule has 0 bridgehead atoms. The Labute approximate surface area is 156 Å². The molecule has 2 rings (SSSR count). The maximum Gasteiger partial charge on any atom is 0.248 e. The minimum atomic E-state index is -0.519.